The molecule has 0 saturated carbocycles. The van der Waals surface area contributed by atoms with Crippen LogP contribution < -0.4 is 16.0 Å². The van der Waals surface area contributed by atoms with Gasteiger partial charge in [-0.1, -0.05) is 25.1 Å². The van der Waals surface area contributed by atoms with Crippen molar-refractivity contribution < 1.29 is 4.79 Å². The van der Waals surface area contributed by atoms with E-state index in [2.05, 4.69) is 22.9 Å². The molecule has 0 radical (unpaired) electrons. The molecule has 1 fully saturated rings. The lowest BCUT2D eigenvalue weighted by atomic mass is 9.84. The third-order valence-corrected chi connectivity index (χ3v) is 4.93. The van der Waals surface area contributed by atoms with Crippen LogP contribution in [0.4, 0.5) is 17.1 Å². The van der Waals surface area contributed by atoms with Crippen molar-refractivity contribution in [3.8, 4) is 0 Å². The van der Waals surface area contributed by atoms with Gasteiger partial charge in [-0.25, -0.2) is 0 Å². The number of piperidine rings is 1. The molecule has 25 heavy (non-hydrogen) atoms. The van der Waals surface area contributed by atoms with Gasteiger partial charge in [-0.05, 0) is 74.2 Å². The van der Waals surface area contributed by atoms with Crippen LogP contribution in [0.3, 0.4) is 0 Å². The molecule has 0 spiro atoms. The third-order valence-electron chi connectivity index (χ3n) is 4.93. The number of benzene rings is 2. The zero-order chi connectivity index (χ0) is 17.5. The van der Waals surface area contributed by atoms with Crippen LogP contribution in [0.2, 0.25) is 0 Å². The molecule has 3 N–H and O–H groups in total. The zero-order valence-electron chi connectivity index (χ0n) is 14.8. The number of carbonyl (C=O) groups excluding carboxylic acids is 1. The molecule has 1 aliphatic rings. The summed E-state index contributed by atoms with van der Waals surface area (Å²) in [5.74, 6) is 1.19. The van der Waals surface area contributed by atoms with Crippen molar-refractivity contribution in [3.05, 3.63) is 54.6 Å². The molecule has 1 aliphatic heterocycles. The van der Waals surface area contributed by atoms with Gasteiger partial charge in [-0.2, -0.15) is 0 Å². The number of hydrogen-bond donors (Lipinski definition) is 3. The minimum absolute atomic E-state index is 0.106. The van der Waals surface area contributed by atoms with Crippen molar-refractivity contribution in [2.45, 2.75) is 26.2 Å². The summed E-state index contributed by atoms with van der Waals surface area (Å²) in [6, 6.07) is 17.9. The quantitative estimate of drug-likeness (QED) is 0.732. The highest BCUT2D eigenvalue weighted by atomic mass is 16.1. The SMILES string of the molecule is CC(CC(=O)Nc1ccc(Nc2ccccc2)cc1)C1CCNCC1. The van der Waals surface area contributed by atoms with Gasteiger partial charge in [0.25, 0.3) is 0 Å². The molecule has 0 bridgehead atoms. The molecule has 1 saturated heterocycles. The van der Waals surface area contributed by atoms with E-state index in [4.69, 9.17) is 0 Å². The monoisotopic (exact) mass is 337 g/mol. The number of anilines is 3. The van der Waals surface area contributed by atoms with Crippen molar-refractivity contribution >= 4 is 23.0 Å². The molecular weight excluding hydrogens is 310 g/mol. The fraction of sp³-hybridized carbons (Fsp3) is 0.381. The Kier molecular flexibility index (Phi) is 6.07. The van der Waals surface area contributed by atoms with Crippen LogP contribution in [0, 0.1) is 11.8 Å². The average molecular weight is 337 g/mol. The highest BCUT2D eigenvalue weighted by Crippen LogP contribution is 2.25. The van der Waals surface area contributed by atoms with Gasteiger partial charge >= 0.3 is 0 Å². The summed E-state index contributed by atoms with van der Waals surface area (Å²) in [6.07, 6.45) is 2.94. The molecule has 1 unspecified atom stereocenters. The Morgan fingerprint density at radius 1 is 1.00 bits per heavy atom. The maximum Gasteiger partial charge on any atom is 0.224 e. The average Bonchev–Trinajstić information content (AvgIpc) is 2.65. The predicted octanol–water partition coefficient (Wildman–Crippen LogP) is 4.39. The van der Waals surface area contributed by atoms with Crippen molar-refractivity contribution in [2.75, 3.05) is 23.7 Å². The molecule has 4 heteroatoms. The highest BCUT2D eigenvalue weighted by Gasteiger charge is 2.21. The van der Waals surface area contributed by atoms with Crippen molar-refractivity contribution in [1.82, 2.24) is 5.32 Å². The summed E-state index contributed by atoms with van der Waals surface area (Å²) in [4.78, 5) is 12.3. The smallest absolute Gasteiger partial charge is 0.224 e. The number of para-hydroxylation sites is 1. The lowest BCUT2D eigenvalue weighted by Gasteiger charge is -2.27. The lowest BCUT2D eigenvalue weighted by molar-refractivity contribution is -0.117. The Bertz CT molecular complexity index is 663. The molecule has 2 aromatic rings. The van der Waals surface area contributed by atoms with Crippen LogP contribution >= 0.6 is 0 Å². The normalized spacial score (nSPS) is 16.2. The summed E-state index contributed by atoms with van der Waals surface area (Å²) in [6.45, 7) is 4.35. The summed E-state index contributed by atoms with van der Waals surface area (Å²) < 4.78 is 0. The van der Waals surface area contributed by atoms with E-state index >= 15 is 0 Å². The van der Waals surface area contributed by atoms with E-state index in [1.807, 2.05) is 54.6 Å². The predicted molar refractivity (Wildman–Crippen MR) is 104 cm³/mol. The molecule has 1 heterocycles. The molecule has 2 aromatic carbocycles. The van der Waals surface area contributed by atoms with E-state index < -0.39 is 0 Å². The van der Waals surface area contributed by atoms with E-state index in [1.165, 1.54) is 12.8 Å². The van der Waals surface area contributed by atoms with E-state index in [0.29, 0.717) is 18.3 Å². The van der Waals surface area contributed by atoms with Crippen molar-refractivity contribution in [2.24, 2.45) is 11.8 Å². The third kappa shape index (κ3) is 5.33. The Balaban J connectivity index is 1.49. The molecule has 4 nitrogen and oxygen atoms in total. The van der Waals surface area contributed by atoms with Crippen LogP contribution in [0.15, 0.2) is 54.6 Å². The Morgan fingerprint density at radius 2 is 1.60 bits per heavy atom. The molecule has 1 amide bonds. The van der Waals surface area contributed by atoms with Gasteiger partial charge in [0.15, 0.2) is 0 Å². The van der Waals surface area contributed by atoms with E-state index in [-0.39, 0.29) is 5.91 Å². The van der Waals surface area contributed by atoms with Crippen LogP contribution in [0.25, 0.3) is 0 Å². The Hall–Kier alpha value is -2.33. The molecule has 1 atom stereocenters. The van der Waals surface area contributed by atoms with Crippen molar-refractivity contribution in [1.29, 1.82) is 0 Å². The summed E-state index contributed by atoms with van der Waals surface area (Å²) >= 11 is 0. The van der Waals surface area contributed by atoms with Gasteiger partial charge in [0.1, 0.15) is 0 Å². The molecule has 0 aliphatic carbocycles. The minimum atomic E-state index is 0.106. The molecule has 0 aromatic heterocycles. The van der Waals surface area contributed by atoms with Crippen molar-refractivity contribution in [3.63, 3.8) is 0 Å². The second-order valence-electron chi connectivity index (χ2n) is 6.89. The van der Waals surface area contributed by atoms with Crippen LogP contribution in [0.1, 0.15) is 26.2 Å². The second kappa shape index (κ2) is 8.67. The number of rotatable bonds is 6. The van der Waals surface area contributed by atoms with Gasteiger partial charge in [0.2, 0.25) is 5.91 Å². The summed E-state index contributed by atoms with van der Waals surface area (Å²) in [5, 5.41) is 9.74. The van der Waals surface area contributed by atoms with E-state index in [9.17, 15) is 4.79 Å². The van der Waals surface area contributed by atoms with Gasteiger partial charge in [0.05, 0.1) is 0 Å². The lowest BCUT2D eigenvalue weighted by Crippen LogP contribution is -2.32. The Labute approximate surface area is 150 Å². The molecular formula is C21H27N3O. The van der Waals surface area contributed by atoms with Gasteiger partial charge in [0, 0.05) is 23.5 Å². The maximum absolute atomic E-state index is 12.3. The number of hydrogen-bond acceptors (Lipinski definition) is 3. The zero-order valence-corrected chi connectivity index (χ0v) is 14.8. The standard InChI is InChI=1S/C21H27N3O/c1-16(17-11-13-22-14-12-17)15-21(25)24-20-9-7-19(8-10-20)23-18-5-3-2-4-6-18/h2-10,16-17,22-23H,11-15H2,1H3,(H,24,25). The first-order valence-corrected chi connectivity index (χ1v) is 9.13. The van der Waals surface area contributed by atoms with Crippen LogP contribution in [-0.4, -0.2) is 19.0 Å². The first-order chi connectivity index (χ1) is 12.2. The maximum atomic E-state index is 12.3. The van der Waals surface area contributed by atoms with Crippen LogP contribution in [0.5, 0.6) is 0 Å². The van der Waals surface area contributed by atoms with Gasteiger partial charge in [-0.3, -0.25) is 4.79 Å². The van der Waals surface area contributed by atoms with Gasteiger partial charge < -0.3 is 16.0 Å². The van der Waals surface area contributed by atoms with Gasteiger partial charge in [-0.15, -0.1) is 0 Å². The summed E-state index contributed by atoms with van der Waals surface area (Å²) in [7, 11) is 0. The second-order valence-corrected chi connectivity index (χ2v) is 6.89. The fourth-order valence-electron chi connectivity index (χ4n) is 3.41. The number of amides is 1. The highest BCUT2D eigenvalue weighted by molar-refractivity contribution is 5.91. The Morgan fingerprint density at radius 3 is 2.28 bits per heavy atom. The first kappa shape index (κ1) is 17.5. The van der Waals surface area contributed by atoms with E-state index in [0.717, 1.165) is 30.2 Å². The first-order valence-electron chi connectivity index (χ1n) is 9.13. The topological polar surface area (TPSA) is 53.2 Å². The minimum Gasteiger partial charge on any atom is -0.356 e. The molecule has 132 valence electrons. The fourth-order valence-corrected chi connectivity index (χ4v) is 3.41. The van der Waals surface area contributed by atoms with E-state index in [1.54, 1.807) is 0 Å². The molecule has 3 rings (SSSR count). The largest absolute Gasteiger partial charge is 0.356 e. The summed E-state index contributed by atoms with van der Waals surface area (Å²) in [5.41, 5.74) is 2.91. The van der Waals surface area contributed by atoms with Crippen LogP contribution in [-0.2, 0) is 4.79 Å². The number of nitrogens with one attached hydrogen (secondary N) is 3. The number of carbonyl (C=O) groups is 1.